The molecule has 16 heavy (non-hydrogen) atoms. The van der Waals surface area contributed by atoms with Crippen LogP contribution in [-0.2, 0) is 6.42 Å². The van der Waals surface area contributed by atoms with Gasteiger partial charge in [0.1, 0.15) is 0 Å². The Morgan fingerprint density at radius 2 is 1.94 bits per heavy atom. The largest absolute Gasteiger partial charge is 0.327 e. The van der Waals surface area contributed by atoms with Crippen LogP contribution in [0.4, 0.5) is 0 Å². The summed E-state index contributed by atoms with van der Waals surface area (Å²) in [5, 5.41) is 1.39. The van der Waals surface area contributed by atoms with Crippen LogP contribution in [0.25, 0.3) is 0 Å². The average Bonchev–Trinajstić information content (AvgIpc) is 2.21. The Bertz CT molecular complexity index is 354. The summed E-state index contributed by atoms with van der Waals surface area (Å²) in [6.45, 7) is 5.87. The van der Waals surface area contributed by atoms with Crippen LogP contribution in [0.15, 0.2) is 30.4 Å². The lowest BCUT2D eigenvalue weighted by atomic mass is 10.0. The van der Waals surface area contributed by atoms with Crippen LogP contribution in [0.5, 0.6) is 0 Å². The van der Waals surface area contributed by atoms with E-state index in [0.717, 1.165) is 24.0 Å². The van der Waals surface area contributed by atoms with Crippen LogP contribution >= 0.6 is 23.2 Å². The predicted octanol–water partition coefficient (Wildman–Crippen LogP) is 4.22. The number of allylic oxidation sites excluding steroid dienone is 1. The third kappa shape index (κ3) is 4.17. The number of benzene rings is 1. The normalized spacial score (nSPS) is 12.5. The first-order valence-electron chi connectivity index (χ1n) is 5.33. The molecule has 0 aliphatic rings. The molecule has 1 aromatic carbocycles. The van der Waals surface area contributed by atoms with Gasteiger partial charge in [0.25, 0.3) is 0 Å². The fraction of sp³-hybridized carbons (Fsp3) is 0.385. The lowest BCUT2D eigenvalue weighted by molar-refractivity contribution is 0.609. The summed E-state index contributed by atoms with van der Waals surface area (Å²) >= 11 is 12.2. The third-order valence-electron chi connectivity index (χ3n) is 2.47. The van der Waals surface area contributed by atoms with Crippen molar-refractivity contribution in [1.82, 2.24) is 0 Å². The van der Waals surface area contributed by atoms with Crippen molar-refractivity contribution in [3.8, 4) is 0 Å². The van der Waals surface area contributed by atoms with E-state index in [1.165, 1.54) is 0 Å². The lowest BCUT2D eigenvalue weighted by Gasteiger charge is -2.13. The molecule has 2 N–H and O–H groups in total. The molecule has 1 atom stereocenters. The van der Waals surface area contributed by atoms with Gasteiger partial charge >= 0.3 is 0 Å². The van der Waals surface area contributed by atoms with Crippen LogP contribution in [0, 0.1) is 0 Å². The van der Waals surface area contributed by atoms with Gasteiger partial charge in [-0.15, -0.1) is 6.58 Å². The van der Waals surface area contributed by atoms with Crippen molar-refractivity contribution in [1.29, 1.82) is 0 Å². The molecule has 0 aliphatic heterocycles. The molecular weight excluding hydrogens is 241 g/mol. The van der Waals surface area contributed by atoms with Crippen molar-refractivity contribution in [2.75, 3.05) is 0 Å². The van der Waals surface area contributed by atoms with Crippen molar-refractivity contribution in [2.45, 2.75) is 32.2 Å². The Hall–Kier alpha value is -0.500. The van der Waals surface area contributed by atoms with Gasteiger partial charge in [-0.1, -0.05) is 34.8 Å². The van der Waals surface area contributed by atoms with Gasteiger partial charge in [0, 0.05) is 16.1 Å². The van der Waals surface area contributed by atoms with Crippen LogP contribution in [0.3, 0.4) is 0 Å². The summed E-state index contributed by atoms with van der Waals surface area (Å²) < 4.78 is 0. The zero-order valence-corrected chi connectivity index (χ0v) is 11.0. The second-order valence-corrected chi connectivity index (χ2v) is 4.97. The van der Waals surface area contributed by atoms with Crippen LogP contribution in [0.2, 0.25) is 10.0 Å². The van der Waals surface area contributed by atoms with Gasteiger partial charge in [-0.25, -0.2) is 0 Å². The van der Waals surface area contributed by atoms with E-state index in [-0.39, 0.29) is 6.04 Å². The van der Waals surface area contributed by atoms with E-state index in [1.807, 2.05) is 25.1 Å². The SMILES string of the molecule is C=C(C)CCC(N)Cc1c(Cl)cccc1Cl. The Morgan fingerprint density at radius 1 is 1.38 bits per heavy atom. The quantitative estimate of drug-likeness (QED) is 0.786. The maximum atomic E-state index is 6.08. The monoisotopic (exact) mass is 257 g/mol. The zero-order valence-electron chi connectivity index (χ0n) is 9.47. The van der Waals surface area contributed by atoms with Crippen molar-refractivity contribution in [2.24, 2.45) is 5.73 Å². The molecule has 1 aromatic rings. The van der Waals surface area contributed by atoms with Gasteiger partial charge in [0.2, 0.25) is 0 Å². The molecule has 0 spiro atoms. The van der Waals surface area contributed by atoms with E-state index in [4.69, 9.17) is 28.9 Å². The molecule has 0 saturated carbocycles. The fourth-order valence-electron chi connectivity index (χ4n) is 1.52. The average molecular weight is 258 g/mol. The highest BCUT2D eigenvalue weighted by Crippen LogP contribution is 2.25. The summed E-state index contributed by atoms with van der Waals surface area (Å²) in [7, 11) is 0. The first-order chi connectivity index (χ1) is 7.50. The van der Waals surface area contributed by atoms with Crippen LogP contribution in [0.1, 0.15) is 25.3 Å². The number of hydrogen-bond donors (Lipinski definition) is 1. The van der Waals surface area contributed by atoms with E-state index < -0.39 is 0 Å². The van der Waals surface area contributed by atoms with Crippen molar-refractivity contribution in [3.63, 3.8) is 0 Å². The first-order valence-corrected chi connectivity index (χ1v) is 6.09. The Balaban J connectivity index is 2.62. The molecule has 1 unspecified atom stereocenters. The van der Waals surface area contributed by atoms with E-state index >= 15 is 0 Å². The fourth-order valence-corrected chi connectivity index (χ4v) is 2.08. The smallest absolute Gasteiger partial charge is 0.0453 e. The molecule has 88 valence electrons. The van der Waals surface area contributed by atoms with Gasteiger partial charge in [-0.2, -0.15) is 0 Å². The first kappa shape index (κ1) is 13.6. The zero-order chi connectivity index (χ0) is 12.1. The van der Waals surface area contributed by atoms with Crippen molar-refractivity contribution < 1.29 is 0 Å². The summed E-state index contributed by atoms with van der Waals surface area (Å²) in [5.41, 5.74) is 8.13. The maximum absolute atomic E-state index is 6.08. The molecule has 0 aromatic heterocycles. The van der Waals surface area contributed by atoms with E-state index in [9.17, 15) is 0 Å². The Morgan fingerprint density at radius 3 is 2.44 bits per heavy atom. The number of nitrogens with two attached hydrogens (primary N) is 1. The van der Waals surface area contributed by atoms with Gasteiger partial charge in [0.05, 0.1) is 0 Å². The van der Waals surface area contributed by atoms with Gasteiger partial charge < -0.3 is 5.73 Å². The Labute approximate surface area is 107 Å². The molecule has 0 heterocycles. The summed E-state index contributed by atoms with van der Waals surface area (Å²) in [6.07, 6.45) is 2.58. The molecule has 0 bridgehead atoms. The molecule has 1 nitrogen and oxygen atoms in total. The predicted molar refractivity (Wildman–Crippen MR) is 72.2 cm³/mol. The van der Waals surface area contributed by atoms with Crippen LogP contribution < -0.4 is 5.73 Å². The van der Waals surface area contributed by atoms with Gasteiger partial charge in [-0.3, -0.25) is 0 Å². The lowest BCUT2D eigenvalue weighted by Crippen LogP contribution is -2.23. The minimum atomic E-state index is 0.0779. The summed E-state index contributed by atoms with van der Waals surface area (Å²) in [4.78, 5) is 0. The number of halogens is 2. The second-order valence-electron chi connectivity index (χ2n) is 4.16. The molecule has 0 amide bonds. The molecule has 0 fully saturated rings. The molecule has 0 saturated heterocycles. The molecule has 0 radical (unpaired) electrons. The minimum absolute atomic E-state index is 0.0779. The van der Waals surface area contributed by atoms with E-state index in [2.05, 4.69) is 6.58 Å². The number of rotatable bonds is 5. The molecule has 3 heteroatoms. The molecule has 1 rings (SSSR count). The maximum Gasteiger partial charge on any atom is 0.0453 e. The van der Waals surface area contributed by atoms with Crippen LogP contribution in [-0.4, -0.2) is 6.04 Å². The summed E-state index contributed by atoms with van der Waals surface area (Å²) in [5.74, 6) is 0. The second kappa shape index (κ2) is 6.29. The highest BCUT2D eigenvalue weighted by Gasteiger charge is 2.10. The van der Waals surface area contributed by atoms with E-state index in [1.54, 1.807) is 0 Å². The third-order valence-corrected chi connectivity index (χ3v) is 3.18. The standard InChI is InChI=1S/C13H17Cl2N/c1-9(2)6-7-10(16)8-11-12(14)4-3-5-13(11)15/h3-5,10H,1,6-8,16H2,2H3. The van der Waals surface area contributed by atoms with Gasteiger partial charge in [-0.05, 0) is 43.9 Å². The number of hydrogen-bond acceptors (Lipinski definition) is 1. The van der Waals surface area contributed by atoms with Gasteiger partial charge in [0.15, 0.2) is 0 Å². The highest BCUT2D eigenvalue weighted by atomic mass is 35.5. The van der Waals surface area contributed by atoms with E-state index in [0.29, 0.717) is 16.5 Å². The molecular formula is C13H17Cl2N. The molecule has 0 aliphatic carbocycles. The topological polar surface area (TPSA) is 26.0 Å². The van der Waals surface area contributed by atoms with Crippen molar-refractivity contribution in [3.05, 3.63) is 46.0 Å². The minimum Gasteiger partial charge on any atom is -0.327 e. The highest BCUT2D eigenvalue weighted by molar-refractivity contribution is 6.35. The summed E-state index contributed by atoms with van der Waals surface area (Å²) in [6, 6.07) is 5.60. The Kier molecular flexibility index (Phi) is 5.33. The van der Waals surface area contributed by atoms with Crippen molar-refractivity contribution >= 4 is 23.2 Å².